The van der Waals surface area contributed by atoms with Crippen LogP contribution >= 0.6 is 0 Å². The van der Waals surface area contributed by atoms with Gasteiger partial charge in [0.05, 0.1) is 12.6 Å². The Morgan fingerprint density at radius 2 is 1.27 bits per heavy atom. The SMILES string of the molecule is Cc1cccc(C)c1-n1c(-c2c(C)ccc3c2ccc2ccccc23)[n+](C)c2ccccc21. The van der Waals surface area contributed by atoms with Gasteiger partial charge in [0.2, 0.25) is 0 Å². The molecule has 1 heterocycles. The Morgan fingerprint density at radius 1 is 0.576 bits per heavy atom. The highest BCUT2D eigenvalue weighted by Gasteiger charge is 2.30. The molecule has 6 rings (SSSR count). The molecule has 2 heteroatoms. The number of hydrogen-bond donors (Lipinski definition) is 0. The molecule has 0 radical (unpaired) electrons. The van der Waals surface area contributed by atoms with Gasteiger partial charge in [-0.05, 0) is 71.1 Å². The fourth-order valence-corrected chi connectivity index (χ4v) is 5.47. The average Bonchev–Trinajstić information content (AvgIpc) is 3.11. The third-order valence-electron chi connectivity index (χ3n) is 7.03. The zero-order valence-corrected chi connectivity index (χ0v) is 19.6. The summed E-state index contributed by atoms with van der Waals surface area (Å²) >= 11 is 0. The molecular weight excluding hydrogens is 400 g/mol. The Hall–Kier alpha value is -3.91. The van der Waals surface area contributed by atoms with Gasteiger partial charge < -0.3 is 0 Å². The number of aromatic nitrogens is 2. The first-order valence-corrected chi connectivity index (χ1v) is 11.5. The van der Waals surface area contributed by atoms with Gasteiger partial charge in [-0.2, -0.15) is 4.57 Å². The molecule has 2 nitrogen and oxygen atoms in total. The fraction of sp³-hybridized carbons (Fsp3) is 0.129. The smallest absolute Gasteiger partial charge is 0.225 e. The highest BCUT2D eigenvalue weighted by atomic mass is 15.2. The lowest BCUT2D eigenvalue weighted by Gasteiger charge is -2.14. The quantitative estimate of drug-likeness (QED) is 0.202. The van der Waals surface area contributed by atoms with Gasteiger partial charge in [0, 0.05) is 0 Å². The molecule has 0 saturated carbocycles. The molecule has 0 atom stereocenters. The number of imidazole rings is 1. The fourth-order valence-electron chi connectivity index (χ4n) is 5.47. The minimum absolute atomic E-state index is 1.21. The van der Waals surface area contributed by atoms with E-state index < -0.39 is 0 Å². The summed E-state index contributed by atoms with van der Waals surface area (Å²) in [5.41, 5.74) is 8.85. The highest BCUT2D eigenvalue weighted by Crippen LogP contribution is 2.38. The monoisotopic (exact) mass is 427 g/mol. The third kappa shape index (κ3) is 2.84. The van der Waals surface area contributed by atoms with E-state index in [1.165, 1.54) is 66.3 Å². The van der Waals surface area contributed by atoms with Gasteiger partial charge >= 0.3 is 0 Å². The van der Waals surface area contributed by atoms with Crippen LogP contribution in [0.1, 0.15) is 16.7 Å². The maximum Gasteiger partial charge on any atom is 0.295 e. The number of aryl methyl sites for hydroxylation is 4. The molecule has 1 aromatic heterocycles. The topological polar surface area (TPSA) is 8.81 Å². The Bertz CT molecular complexity index is 1680. The van der Waals surface area contributed by atoms with Crippen LogP contribution in [-0.4, -0.2) is 4.57 Å². The van der Waals surface area contributed by atoms with Crippen LogP contribution in [0, 0.1) is 20.8 Å². The first kappa shape index (κ1) is 19.8. The van der Waals surface area contributed by atoms with Crippen LogP contribution < -0.4 is 4.57 Å². The number of benzene rings is 5. The van der Waals surface area contributed by atoms with Crippen LogP contribution in [0.4, 0.5) is 0 Å². The number of hydrogen-bond acceptors (Lipinski definition) is 0. The second-order valence-electron chi connectivity index (χ2n) is 9.09. The van der Waals surface area contributed by atoms with E-state index in [9.17, 15) is 0 Å². The van der Waals surface area contributed by atoms with Crippen molar-refractivity contribution in [2.45, 2.75) is 20.8 Å². The van der Waals surface area contributed by atoms with Crippen LogP contribution in [0.5, 0.6) is 0 Å². The molecule has 0 amide bonds. The Labute approximate surface area is 194 Å². The second kappa shape index (κ2) is 7.31. The van der Waals surface area contributed by atoms with E-state index in [1.807, 2.05) is 0 Å². The molecule has 6 aromatic rings. The summed E-state index contributed by atoms with van der Waals surface area (Å²) in [6.45, 7) is 6.66. The molecule has 0 N–H and O–H groups in total. The maximum atomic E-state index is 2.47. The molecule has 0 fully saturated rings. The third-order valence-corrected chi connectivity index (χ3v) is 7.03. The molecule has 5 aromatic carbocycles. The zero-order chi connectivity index (χ0) is 22.7. The summed E-state index contributed by atoms with van der Waals surface area (Å²) in [5, 5.41) is 5.17. The van der Waals surface area contributed by atoms with Gasteiger partial charge in [0.25, 0.3) is 5.82 Å². The molecular formula is C31H27N2+. The molecule has 0 aliphatic heterocycles. The standard InChI is InChI=1S/C31H27N2/c1-20-16-18-25-24-13-6-5-12-23(24)17-19-26(25)29(20)31-32(4)27-14-7-8-15-28(27)33(31)30-21(2)10-9-11-22(30)3/h5-19H,1-4H3/q+1. The van der Waals surface area contributed by atoms with E-state index in [0.29, 0.717) is 0 Å². The molecule has 0 aliphatic carbocycles. The van der Waals surface area contributed by atoms with Crippen molar-refractivity contribution >= 4 is 32.6 Å². The molecule has 0 aliphatic rings. The van der Waals surface area contributed by atoms with Crippen molar-refractivity contribution in [2.24, 2.45) is 7.05 Å². The first-order valence-electron chi connectivity index (χ1n) is 11.5. The second-order valence-corrected chi connectivity index (χ2v) is 9.09. The molecule has 0 unspecified atom stereocenters. The molecule has 160 valence electrons. The van der Waals surface area contributed by atoms with Crippen molar-refractivity contribution in [1.82, 2.24) is 4.57 Å². The van der Waals surface area contributed by atoms with Crippen LogP contribution in [0.25, 0.3) is 49.7 Å². The van der Waals surface area contributed by atoms with E-state index >= 15 is 0 Å². The van der Waals surface area contributed by atoms with E-state index in [1.54, 1.807) is 0 Å². The predicted molar refractivity (Wildman–Crippen MR) is 139 cm³/mol. The summed E-state index contributed by atoms with van der Waals surface area (Å²) in [5.74, 6) is 1.21. The predicted octanol–water partition coefficient (Wildman–Crippen LogP) is 7.35. The lowest BCUT2D eigenvalue weighted by atomic mass is 9.94. The van der Waals surface area contributed by atoms with Crippen LogP contribution in [0.3, 0.4) is 0 Å². The van der Waals surface area contributed by atoms with Crippen molar-refractivity contribution in [3.05, 3.63) is 108 Å². The largest absolute Gasteiger partial charge is 0.295 e. The molecule has 0 saturated heterocycles. The normalized spacial score (nSPS) is 11.6. The summed E-state index contributed by atoms with van der Waals surface area (Å²) in [4.78, 5) is 0. The summed E-state index contributed by atoms with van der Waals surface area (Å²) in [6.07, 6.45) is 0. The first-order chi connectivity index (χ1) is 16.1. The Morgan fingerprint density at radius 3 is 2.09 bits per heavy atom. The van der Waals surface area contributed by atoms with E-state index in [0.717, 1.165) is 0 Å². The van der Waals surface area contributed by atoms with Gasteiger partial charge in [-0.1, -0.05) is 78.9 Å². The number of rotatable bonds is 2. The summed E-state index contributed by atoms with van der Waals surface area (Å²) < 4.78 is 4.83. The lowest BCUT2D eigenvalue weighted by molar-refractivity contribution is -0.633. The van der Waals surface area contributed by atoms with Crippen LogP contribution in [0.2, 0.25) is 0 Å². The van der Waals surface area contributed by atoms with Gasteiger partial charge in [-0.3, -0.25) is 0 Å². The summed E-state index contributed by atoms with van der Waals surface area (Å²) in [7, 11) is 2.20. The van der Waals surface area contributed by atoms with Gasteiger partial charge in [0.1, 0.15) is 5.69 Å². The van der Waals surface area contributed by atoms with E-state index in [2.05, 4.69) is 128 Å². The van der Waals surface area contributed by atoms with Crippen molar-refractivity contribution < 1.29 is 4.57 Å². The van der Waals surface area contributed by atoms with Crippen molar-refractivity contribution in [3.8, 4) is 17.1 Å². The van der Waals surface area contributed by atoms with Gasteiger partial charge in [0.15, 0.2) is 11.0 Å². The molecule has 0 spiro atoms. The highest BCUT2D eigenvalue weighted by molar-refractivity contribution is 6.12. The number of nitrogens with zero attached hydrogens (tertiary/aromatic N) is 2. The van der Waals surface area contributed by atoms with Crippen LogP contribution in [-0.2, 0) is 7.05 Å². The minimum Gasteiger partial charge on any atom is -0.225 e. The average molecular weight is 428 g/mol. The Kier molecular flexibility index (Phi) is 4.38. The van der Waals surface area contributed by atoms with Gasteiger partial charge in [-0.15, -0.1) is 0 Å². The Balaban J connectivity index is 1.83. The van der Waals surface area contributed by atoms with Crippen molar-refractivity contribution in [1.29, 1.82) is 0 Å². The molecule has 0 bridgehead atoms. The lowest BCUT2D eigenvalue weighted by Crippen LogP contribution is -2.30. The number of para-hydroxylation sites is 3. The van der Waals surface area contributed by atoms with Crippen molar-refractivity contribution in [2.75, 3.05) is 0 Å². The van der Waals surface area contributed by atoms with Gasteiger partial charge in [-0.25, -0.2) is 4.57 Å². The summed E-state index contributed by atoms with van der Waals surface area (Å²) in [6, 6.07) is 33.1. The molecule has 33 heavy (non-hydrogen) atoms. The van der Waals surface area contributed by atoms with E-state index in [-0.39, 0.29) is 0 Å². The number of fused-ring (bicyclic) bond motifs is 4. The minimum atomic E-state index is 1.21. The maximum absolute atomic E-state index is 2.47. The van der Waals surface area contributed by atoms with E-state index in [4.69, 9.17) is 0 Å². The van der Waals surface area contributed by atoms with Crippen LogP contribution in [0.15, 0.2) is 91.0 Å². The zero-order valence-electron chi connectivity index (χ0n) is 19.6. The van der Waals surface area contributed by atoms with Crippen molar-refractivity contribution in [3.63, 3.8) is 0 Å².